The van der Waals surface area contributed by atoms with E-state index in [1.165, 1.54) is 11.6 Å². The summed E-state index contributed by atoms with van der Waals surface area (Å²) in [7, 11) is 0. The number of aromatic hydroxyl groups is 2. The number of rotatable bonds is 5. The highest BCUT2D eigenvalue weighted by Crippen LogP contribution is 2.41. The minimum Gasteiger partial charge on any atom is -0.508 e. The molecule has 0 aliphatic carbocycles. The van der Waals surface area contributed by atoms with E-state index in [-0.39, 0.29) is 28.6 Å². The Balaban J connectivity index is 1.44. The van der Waals surface area contributed by atoms with E-state index in [1.54, 1.807) is 6.08 Å². The van der Waals surface area contributed by atoms with Crippen molar-refractivity contribution in [3.63, 3.8) is 0 Å². The van der Waals surface area contributed by atoms with E-state index in [2.05, 4.69) is 34.9 Å². The van der Waals surface area contributed by atoms with Crippen molar-refractivity contribution in [3.05, 3.63) is 95.4 Å². The van der Waals surface area contributed by atoms with Gasteiger partial charge < -0.3 is 19.5 Å². The first-order valence-corrected chi connectivity index (χ1v) is 10.2. The summed E-state index contributed by atoms with van der Waals surface area (Å²) in [6.07, 6.45) is 5.71. The Hall–Kier alpha value is -3.99. The second kappa shape index (κ2) is 7.69. The Morgan fingerprint density at radius 3 is 2.58 bits per heavy atom. The lowest BCUT2D eigenvalue weighted by Crippen LogP contribution is -1.99. The van der Waals surface area contributed by atoms with E-state index in [1.807, 2.05) is 30.5 Å². The molecule has 5 heteroatoms. The molecule has 0 amide bonds. The molecular weight excluding hydrogens is 390 g/mol. The Labute approximate surface area is 179 Å². The molecule has 2 heterocycles. The number of ether oxygens (including phenoxy) is 1. The Kier molecular flexibility index (Phi) is 4.71. The third-order valence-electron chi connectivity index (χ3n) is 5.55. The molecule has 2 N–H and O–H groups in total. The summed E-state index contributed by atoms with van der Waals surface area (Å²) in [4.78, 5) is 12.8. The number of allylic oxidation sites excluding steroid dienone is 1. The molecule has 1 aliphatic rings. The quantitative estimate of drug-likeness (QED) is 0.437. The normalized spacial score (nSPS) is 14.2. The van der Waals surface area contributed by atoms with Gasteiger partial charge >= 0.3 is 0 Å². The molecule has 31 heavy (non-hydrogen) atoms. The lowest BCUT2D eigenvalue weighted by atomic mass is 10.1. The predicted octanol–water partition coefficient (Wildman–Crippen LogP) is 5.30. The van der Waals surface area contributed by atoms with Gasteiger partial charge in [0.15, 0.2) is 5.76 Å². The number of ketones is 1. The number of phenols is 2. The average Bonchev–Trinajstić information content (AvgIpc) is 3.27. The van der Waals surface area contributed by atoms with Crippen LogP contribution in [0.2, 0.25) is 0 Å². The summed E-state index contributed by atoms with van der Waals surface area (Å²) in [5, 5.41) is 20.7. The fourth-order valence-electron chi connectivity index (χ4n) is 4.09. The Morgan fingerprint density at radius 1 is 0.968 bits per heavy atom. The molecule has 4 aromatic rings. The molecule has 0 spiro atoms. The maximum Gasteiger partial charge on any atom is 0.235 e. The number of para-hydroxylation sites is 1. The van der Waals surface area contributed by atoms with E-state index in [9.17, 15) is 15.0 Å². The molecule has 5 nitrogen and oxygen atoms in total. The van der Waals surface area contributed by atoms with Gasteiger partial charge in [0.2, 0.25) is 5.78 Å². The highest BCUT2D eigenvalue weighted by Gasteiger charge is 2.31. The number of hydrogen-bond acceptors (Lipinski definition) is 4. The van der Waals surface area contributed by atoms with Crippen LogP contribution < -0.4 is 4.74 Å². The maximum absolute atomic E-state index is 12.8. The second-order valence-electron chi connectivity index (χ2n) is 7.66. The highest BCUT2D eigenvalue weighted by molar-refractivity contribution is 6.16. The molecule has 0 atom stereocenters. The van der Waals surface area contributed by atoms with Crippen LogP contribution in [-0.4, -0.2) is 20.6 Å². The molecule has 1 aliphatic heterocycles. The predicted molar refractivity (Wildman–Crippen MR) is 119 cm³/mol. The number of carbonyl (C=O) groups excluding carboxylic acids is 1. The number of aromatic nitrogens is 1. The summed E-state index contributed by atoms with van der Waals surface area (Å²) in [6, 6.07) is 20.9. The minimum atomic E-state index is -0.395. The van der Waals surface area contributed by atoms with Crippen LogP contribution in [-0.2, 0) is 13.0 Å². The van der Waals surface area contributed by atoms with Gasteiger partial charge in [-0.25, -0.2) is 0 Å². The van der Waals surface area contributed by atoms with Crippen molar-refractivity contribution in [3.8, 4) is 17.2 Å². The molecule has 0 unspecified atom stereocenters. The summed E-state index contributed by atoms with van der Waals surface area (Å²) in [5.74, 6) is -0.538. The van der Waals surface area contributed by atoms with Crippen LogP contribution in [0, 0.1) is 0 Å². The van der Waals surface area contributed by atoms with Crippen LogP contribution in [0.15, 0.2) is 78.7 Å². The Bertz CT molecular complexity index is 1320. The number of hydrogen-bond donors (Lipinski definition) is 2. The Morgan fingerprint density at radius 2 is 1.74 bits per heavy atom. The van der Waals surface area contributed by atoms with Crippen molar-refractivity contribution in [2.75, 3.05) is 0 Å². The van der Waals surface area contributed by atoms with E-state index in [0.29, 0.717) is 0 Å². The molecule has 0 radical (unpaired) electrons. The van der Waals surface area contributed by atoms with Gasteiger partial charge in [-0.1, -0.05) is 48.5 Å². The molecule has 0 fully saturated rings. The number of nitrogens with zero attached hydrogens (tertiary/aromatic N) is 1. The largest absolute Gasteiger partial charge is 0.508 e. The topological polar surface area (TPSA) is 71.7 Å². The monoisotopic (exact) mass is 411 g/mol. The van der Waals surface area contributed by atoms with Gasteiger partial charge in [0.25, 0.3) is 0 Å². The number of benzene rings is 3. The fourth-order valence-corrected chi connectivity index (χ4v) is 4.09. The summed E-state index contributed by atoms with van der Waals surface area (Å²) in [6.45, 7) is 0.849. The zero-order valence-corrected chi connectivity index (χ0v) is 16.8. The van der Waals surface area contributed by atoms with Gasteiger partial charge in [-0.15, -0.1) is 0 Å². The van der Waals surface area contributed by atoms with E-state index in [0.717, 1.165) is 41.9 Å². The van der Waals surface area contributed by atoms with Gasteiger partial charge in [0.1, 0.15) is 22.8 Å². The molecular formula is C26H21NO4. The first-order valence-electron chi connectivity index (χ1n) is 10.2. The maximum atomic E-state index is 12.8. The molecule has 0 saturated carbocycles. The zero-order valence-electron chi connectivity index (χ0n) is 16.8. The first kappa shape index (κ1) is 19.0. The second-order valence-corrected chi connectivity index (χ2v) is 7.66. The lowest BCUT2D eigenvalue weighted by Gasteiger charge is -2.05. The minimum absolute atomic E-state index is 0.0793. The van der Waals surface area contributed by atoms with Crippen molar-refractivity contribution in [2.45, 2.75) is 19.4 Å². The molecule has 154 valence electrons. The number of Topliss-reactive ketones (excluding diaryl/α,β-unsaturated/α-hetero) is 1. The molecule has 5 rings (SSSR count). The number of carbonyl (C=O) groups is 1. The van der Waals surface area contributed by atoms with Crippen LogP contribution in [0.1, 0.15) is 27.9 Å². The smallest absolute Gasteiger partial charge is 0.235 e. The van der Waals surface area contributed by atoms with Crippen molar-refractivity contribution < 1.29 is 19.7 Å². The van der Waals surface area contributed by atoms with Crippen molar-refractivity contribution in [2.24, 2.45) is 0 Å². The summed E-state index contributed by atoms with van der Waals surface area (Å²) >= 11 is 0. The van der Waals surface area contributed by atoms with Gasteiger partial charge in [0.05, 0.1) is 0 Å². The molecule has 3 aromatic carbocycles. The van der Waals surface area contributed by atoms with E-state index < -0.39 is 5.78 Å². The molecule has 1 aromatic heterocycles. The summed E-state index contributed by atoms with van der Waals surface area (Å²) in [5.41, 5.74) is 3.35. The van der Waals surface area contributed by atoms with Crippen molar-refractivity contribution in [1.82, 2.24) is 4.57 Å². The van der Waals surface area contributed by atoms with Gasteiger partial charge in [-0.2, -0.15) is 0 Å². The van der Waals surface area contributed by atoms with E-state index in [4.69, 9.17) is 4.74 Å². The highest BCUT2D eigenvalue weighted by atomic mass is 16.5. The van der Waals surface area contributed by atoms with Crippen LogP contribution in [0.4, 0.5) is 0 Å². The van der Waals surface area contributed by atoms with Gasteiger partial charge in [0, 0.05) is 41.3 Å². The third kappa shape index (κ3) is 3.55. The van der Waals surface area contributed by atoms with Crippen LogP contribution in [0.5, 0.6) is 17.2 Å². The van der Waals surface area contributed by atoms with Crippen LogP contribution in [0.25, 0.3) is 17.0 Å². The molecule has 0 saturated heterocycles. The van der Waals surface area contributed by atoms with Crippen LogP contribution >= 0.6 is 0 Å². The summed E-state index contributed by atoms with van der Waals surface area (Å²) < 4.78 is 7.86. The third-order valence-corrected chi connectivity index (χ3v) is 5.55. The SMILES string of the molecule is O=C1/C(=C/c2cn(CCCc3ccccc3)c3ccccc23)Oc2cc(O)cc(O)c21. The van der Waals surface area contributed by atoms with Crippen molar-refractivity contribution >= 4 is 22.8 Å². The van der Waals surface area contributed by atoms with Crippen molar-refractivity contribution in [1.29, 1.82) is 0 Å². The fraction of sp³-hybridized carbons (Fsp3) is 0.115. The number of aryl methyl sites for hydroxylation is 2. The standard InChI is InChI=1S/C26H21NO4/c28-19-14-22(29)25-23(15-19)31-24(26(25)30)13-18-16-27(21-11-5-4-10-20(18)21)12-6-9-17-7-2-1-3-8-17/h1-5,7-8,10-11,13-16,28-29H,6,9,12H2/b24-13-. The van der Waals surface area contributed by atoms with E-state index >= 15 is 0 Å². The average molecular weight is 411 g/mol. The number of phenolic OH excluding ortho intramolecular Hbond substituents is 2. The van der Waals surface area contributed by atoms with Gasteiger partial charge in [-0.3, -0.25) is 4.79 Å². The first-order chi connectivity index (χ1) is 15.1. The molecule has 0 bridgehead atoms. The zero-order chi connectivity index (χ0) is 21.4. The van der Waals surface area contributed by atoms with Gasteiger partial charge in [-0.05, 0) is 30.5 Å². The van der Waals surface area contributed by atoms with Crippen LogP contribution in [0.3, 0.4) is 0 Å². The lowest BCUT2D eigenvalue weighted by molar-refractivity contribution is 0.101. The number of fused-ring (bicyclic) bond motifs is 2.